The minimum atomic E-state index is 0.115. The largest absolute Gasteiger partial charge is 0.353 e. The number of hydrogen-bond acceptors (Lipinski definition) is 5. The summed E-state index contributed by atoms with van der Waals surface area (Å²) in [6.07, 6.45) is 4.65. The van der Waals surface area contributed by atoms with E-state index >= 15 is 0 Å². The third-order valence-electron chi connectivity index (χ3n) is 5.79. The highest BCUT2D eigenvalue weighted by Gasteiger charge is 2.21. The number of rotatable bonds is 6. The van der Waals surface area contributed by atoms with Gasteiger partial charge in [-0.25, -0.2) is 9.50 Å². The lowest BCUT2D eigenvalue weighted by Gasteiger charge is -2.32. The number of carbonyl (C=O) groups excluding carboxylic acids is 1. The molecule has 2 aromatic heterocycles. The van der Waals surface area contributed by atoms with Crippen molar-refractivity contribution >= 4 is 11.7 Å². The Kier molecular flexibility index (Phi) is 5.85. The third-order valence-corrected chi connectivity index (χ3v) is 5.79. The number of piperidine rings is 1. The summed E-state index contributed by atoms with van der Waals surface area (Å²) in [6, 6.07) is 10.8. The number of benzene rings is 1. The average molecular weight is 393 g/mol. The van der Waals surface area contributed by atoms with E-state index in [4.69, 9.17) is 0 Å². The van der Waals surface area contributed by atoms with E-state index in [0.29, 0.717) is 18.6 Å². The maximum atomic E-state index is 12.5. The molecule has 0 atom stereocenters. The van der Waals surface area contributed by atoms with Gasteiger partial charge in [-0.2, -0.15) is 10.1 Å². The zero-order chi connectivity index (χ0) is 20.2. The molecule has 1 amide bonds. The molecule has 0 bridgehead atoms. The van der Waals surface area contributed by atoms with Crippen LogP contribution in [0.3, 0.4) is 0 Å². The van der Waals surface area contributed by atoms with Crippen LogP contribution in [0.1, 0.15) is 41.8 Å². The fraction of sp³-hybridized carbons (Fsp3) is 0.455. The van der Waals surface area contributed by atoms with E-state index in [1.807, 2.05) is 19.9 Å². The van der Waals surface area contributed by atoms with E-state index in [-0.39, 0.29) is 11.9 Å². The third kappa shape index (κ3) is 4.62. The Morgan fingerprint density at radius 3 is 2.69 bits per heavy atom. The quantitative estimate of drug-likeness (QED) is 0.697. The minimum Gasteiger partial charge on any atom is -0.353 e. The minimum absolute atomic E-state index is 0.115. The molecule has 1 saturated heterocycles. The Labute approximate surface area is 171 Å². The van der Waals surface area contributed by atoms with Crippen LogP contribution >= 0.6 is 0 Å². The topological polar surface area (TPSA) is 75.4 Å². The van der Waals surface area contributed by atoms with Gasteiger partial charge >= 0.3 is 0 Å². The van der Waals surface area contributed by atoms with Gasteiger partial charge in [-0.3, -0.25) is 9.69 Å². The molecule has 0 aliphatic carbocycles. The maximum Gasteiger partial charge on any atom is 0.252 e. The summed E-state index contributed by atoms with van der Waals surface area (Å²) in [5.74, 6) is 0.722. The summed E-state index contributed by atoms with van der Waals surface area (Å²) in [5, 5.41) is 7.44. The fourth-order valence-electron chi connectivity index (χ4n) is 4.13. The van der Waals surface area contributed by atoms with Crippen LogP contribution < -0.4 is 5.32 Å². The number of nitrogens with one attached hydrogen (secondary N) is 1. The van der Waals surface area contributed by atoms with Gasteiger partial charge in [0.15, 0.2) is 0 Å². The molecule has 1 aliphatic rings. The number of aryl methyl sites for hydroxylation is 2. The van der Waals surface area contributed by atoms with Gasteiger partial charge in [0.25, 0.3) is 5.78 Å². The molecule has 29 heavy (non-hydrogen) atoms. The van der Waals surface area contributed by atoms with E-state index in [9.17, 15) is 4.79 Å². The lowest BCUT2D eigenvalue weighted by atomic mass is 10.0. The standard InChI is InChI=1S/C22H28N6O/c1-16-20(17(2)28-22(25-16)23-15-24-28)8-9-21(29)26-19-10-12-27(13-11-19)14-18-6-4-3-5-7-18/h3-7,15,19H,8-14H2,1-2H3,(H,26,29). The van der Waals surface area contributed by atoms with Gasteiger partial charge in [-0.05, 0) is 44.2 Å². The van der Waals surface area contributed by atoms with Gasteiger partial charge in [-0.1, -0.05) is 30.3 Å². The zero-order valence-corrected chi connectivity index (χ0v) is 17.1. The second-order valence-electron chi connectivity index (χ2n) is 7.84. The Hall–Kier alpha value is -2.80. The molecule has 7 nitrogen and oxygen atoms in total. The van der Waals surface area contributed by atoms with Crippen LogP contribution in [0.4, 0.5) is 0 Å². The molecule has 3 heterocycles. The number of fused-ring (bicyclic) bond motifs is 1. The van der Waals surface area contributed by atoms with Crippen molar-refractivity contribution in [2.45, 2.75) is 52.1 Å². The van der Waals surface area contributed by atoms with Crippen LogP contribution in [-0.4, -0.2) is 49.5 Å². The first-order valence-corrected chi connectivity index (χ1v) is 10.3. The van der Waals surface area contributed by atoms with Crippen LogP contribution in [0.15, 0.2) is 36.7 Å². The molecule has 1 N–H and O–H groups in total. The second kappa shape index (κ2) is 8.69. The van der Waals surface area contributed by atoms with Crippen molar-refractivity contribution in [3.8, 4) is 0 Å². The monoisotopic (exact) mass is 392 g/mol. The molecule has 0 unspecified atom stereocenters. The predicted molar refractivity (Wildman–Crippen MR) is 111 cm³/mol. The van der Waals surface area contributed by atoms with Crippen molar-refractivity contribution in [1.82, 2.24) is 29.8 Å². The highest BCUT2D eigenvalue weighted by atomic mass is 16.1. The zero-order valence-electron chi connectivity index (χ0n) is 17.1. The molecule has 0 spiro atoms. The van der Waals surface area contributed by atoms with Crippen molar-refractivity contribution in [3.05, 3.63) is 59.2 Å². The van der Waals surface area contributed by atoms with Crippen molar-refractivity contribution in [2.24, 2.45) is 0 Å². The predicted octanol–water partition coefficient (Wildman–Crippen LogP) is 2.45. The van der Waals surface area contributed by atoms with Crippen molar-refractivity contribution in [1.29, 1.82) is 0 Å². The number of aromatic nitrogens is 4. The average Bonchev–Trinajstić information content (AvgIpc) is 3.19. The normalized spacial score (nSPS) is 15.7. The van der Waals surface area contributed by atoms with Crippen LogP contribution in [0, 0.1) is 13.8 Å². The lowest BCUT2D eigenvalue weighted by Crippen LogP contribution is -2.44. The highest BCUT2D eigenvalue weighted by Crippen LogP contribution is 2.16. The first kappa shape index (κ1) is 19.5. The van der Waals surface area contributed by atoms with E-state index in [1.54, 1.807) is 4.52 Å². The SMILES string of the molecule is Cc1nc2ncnn2c(C)c1CCC(=O)NC1CCN(Cc2ccccc2)CC1. The van der Waals surface area contributed by atoms with Crippen LogP contribution in [0.5, 0.6) is 0 Å². The Balaban J connectivity index is 1.26. The van der Waals surface area contributed by atoms with Crippen molar-refractivity contribution in [2.75, 3.05) is 13.1 Å². The Morgan fingerprint density at radius 2 is 1.93 bits per heavy atom. The number of nitrogens with zero attached hydrogens (tertiary/aromatic N) is 5. The molecular formula is C22H28N6O. The van der Waals surface area contributed by atoms with Crippen LogP contribution in [-0.2, 0) is 17.8 Å². The first-order chi connectivity index (χ1) is 14.1. The summed E-state index contributed by atoms with van der Waals surface area (Å²) in [4.78, 5) is 23.6. The van der Waals surface area contributed by atoms with Crippen LogP contribution in [0.25, 0.3) is 5.78 Å². The molecule has 7 heteroatoms. The van der Waals surface area contributed by atoms with Gasteiger partial charge in [0.2, 0.25) is 5.91 Å². The van der Waals surface area contributed by atoms with E-state index in [0.717, 1.165) is 49.4 Å². The second-order valence-corrected chi connectivity index (χ2v) is 7.84. The van der Waals surface area contributed by atoms with E-state index < -0.39 is 0 Å². The highest BCUT2D eigenvalue weighted by molar-refractivity contribution is 5.76. The van der Waals surface area contributed by atoms with Crippen molar-refractivity contribution in [3.63, 3.8) is 0 Å². The van der Waals surface area contributed by atoms with E-state index in [2.05, 4.69) is 49.5 Å². The molecule has 1 aromatic carbocycles. The molecule has 4 rings (SSSR count). The fourth-order valence-corrected chi connectivity index (χ4v) is 4.13. The van der Waals surface area contributed by atoms with Gasteiger partial charge in [0, 0.05) is 43.5 Å². The number of likely N-dealkylation sites (tertiary alicyclic amines) is 1. The molecule has 3 aromatic rings. The number of carbonyl (C=O) groups is 1. The molecule has 0 radical (unpaired) electrons. The Bertz CT molecular complexity index is 976. The lowest BCUT2D eigenvalue weighted by molar-refractivity contribution is -0.122. The van der Waals surface area contributed by atoms with E-state index in [1.165, 1.54) is 11.9 Å². The van der Waals surface area contributed by atoms with Gasteiger partial charge in [0.1, 0.15) is 6.33 Å². The number of amides is 1. The van der Waals surface area contributed by atoms with Crippen LogP contribution in [0.2, 0.25) is 0 Å². The summed E-state index contributed by atoms with van der Waals surface area (Å²) < 4.78 is 1.74. The van der Waals surface area contributed by atoms with Gasteiger partial charge < -0.3 is 5.32 Å². The van der Waals surface area contributed by atoms with Gasteiger partial charge in [-0.15, -0.1) is 0 Å². The molecular weight excluding hydrogens is 364 g/mol. The molecule has 1 aliphatic heterocycles. The smallest absolute Gasteiger partial charge is 0.252 e. The molecule has 1 fully saturated rings. The van der Waals surface area contributed by atoms with Crippen molar-refractivity contribution < 1.29 is 4.79 Å². The van der Waals surface area contributed by atoms with Gasteiger partial charge in [0.05, 0.1) is 0 Å². The Morgan fingerprint density at radius 1 is 1.17 bits per heavy atom. The summed E-state index contributed by atoms with van der Waals surface area (Å²) in [6.45, 7) is 7.00. The number of hydrogen-bond donors (Lipinski definition) is 1. The summed E-state index contributed by atoms with van der Waals surface area (Å²) in [5.41, 5.74) is 4.35. The summed E-state index contributed by atoms with van der Waals surface area (Å²) >= 11 is 0. The molecule has 152 valence electrons. The molecule has 0 saturated carbocycles. The maximum absolute atomic E-state index is 12.5. The first-order valence-electron chi connectivity index (χ1n) is 10.3. The summed E-state index contributed by atoms with van der Waals surface area (Å²) in [7, 11) is 0.